The summed E-state index contributed by atoms with van der Waals surface area (Å²) in [7, 11) is 1.75. The minimum Gasteiger partial charge on any atom is -0.450 e. The third-order valence-electron chi connectivity index (χ3n) is 3.76. The second-order valence-corrected chi connectivity index (χ2v) is 6.21. The quantitative estimate of drug-likeness (QED) is 0.876. The average molecular weight is 320 g/mol. The SMILES string of the molecule is CCOC(=O)NC(C(=O)N(C)Cc1ccc(C)cc1C)C(C)C. The molecule has 0 radical (unpaired) electrons. The molecule has 1 N–H and O–H groups in total. The molecule has 0 bridgehead atoms. The molecule has 5 heteroatoms. The van der Waals surface area contributed by atoms with Crippen molar-refractivity contribution < 1.29 is 14.3 Å². The number of nitrogens with zero attached hydrogens (tertiary/aromatic N) is 1. The number of likely N-dealkylation sites (N-methyl/N-ethyl adjacent to an activating group) is 1. The topological polar surface area (TPSA) is 58.6 Å². The van der Waals surface area contributed by atoms with Crippen molar-refractivity contribution in [1.82, 2.24) is 10.2 Å². The molecule has 0 spiro atoms. The fourth-order valence-electron chi connectivity index (χ4n) is 2.41. The summed E-state index contributed by atoms with van der Waals surface area (Å²) in [5, 5.41) is 2.66. The van der Waals surface area contributed by atoms with Gasteiger partial charge >= 0.3 is 6.09 Å². The highest BCUT2D eigenvalue weighted by Gasteiger charge is 2.27. The maximum atomic E-state index is 12.7. The molecule has 0 aliphatic rings. The van der Waals surface area contributed by atoms with Crippen LogP contribution in [0.1, 0.15) is 37.5 Å². The zero-order chi connectivity index (χ0) is 17.6. The Morgan fingerprint density at radius 3 is 2.43 bits per heavy atom. The predicted molar refractivity (Wildman–Crippen MR) is 91.2 cm³/mol. The zero-order valence-electron chi connectivity index (χ0n) is 15.0. The van der Waals surface area contributed by atoms with Gasteiger partial charge in [0.25, 0.3) is 0 Å². The number of carbonyl (C=O) groups is 2. The maximum absolute atomic E-state index is 12.7. The Balaban J connectivity index is 2.80. The van der Waals surface area contributed by atoms with Crippen molar-refractivity contribution in [3.05, 3.63) is 34.9 Å². The first-order valence-electron chi connectivity index (χ1n) is 8.00. The Morgan fingerprint density at radius 2 is 1.91 bits per heavy atom. The fraction of sp³-hybridized carbons (Fsp3) is 0.556. The minimum absolute atomic E-state index is 0.0199. The van der Waals surface area contributed by atoms with Crippen molar-refractivity contribution in [1.29, 1.82) is 0 Å². The zero-order valence-corrected chi connectivity index (χ0v) is 15.0. The summed E-state index contributed by atoms with van der Waals surface area (Å²) >= 11 is 0. The molecule has 0 aromatic heterocycles. The molecule has 1 aromatic carbocycles. The van der Waals surface area contributed by atoms with Gasteiger partial charge in [-0.05, 0) is 37.8 Å². The van der Waals surface area contributed by atoms with Gasteiger partial charge in [-0.25, -0.2) is 4.79 Å². The molecular formula is C18H28N2O3. The van der Waals surface area contributed by atoms with Gasteiger partial charge in [0, 0.05) is 13.6 Å². The molecule has 0 fully saturated rings. The number of aryl methyl sites for hydroxylation is 2. The molecule has 0 saturated heterocycles. The molecule has 1 rings (SSSR count). The van der Waals surface area contributed by atoms with Crippen LogP contribution in [-0.4, -0.2) is 36.6 Å². The van der Waals surface area contributed by atoms with Crippen molar-refractivity contribution in [2.75, 3.05) is 13.7 Å². The lowest BCUT2D eigenvalue weighted by atomic mass is 10.0. The second kappa shape index (κ2) is 8.56. The maximum Gasteiger partial charge on any atom is 0.407 e. The van der Waals surface area contributed by atoms with Crippen LogP contribution in [0.2, 0.25) is 0 Å². The molecule has 128 valence electrons. The van der Waals surface area contributed by atoms with Gasteiger partial charge in [0.05, 0.1) is 6.61 Å². The summed E-state index contributed by atoms with van der Waals surface area (Å²) < 4.78 is 4.88. The number of hydrogen-bond donors (Lipinski definition) is 1. The molecule has 1 aromatic rings. The van der Waals surface area contributed by atoms with Crippen molar-refractivity contribution in [3.8, 4) is 0 Å². The molecule has 2 amide bonds. The Labute approximate surface area is 139 Å². The van der Waals surface area contributed by atoms with E-state index < -0.39 is 12.1 Å². The van der Waals surface area contributed by atoms with Crippen LogP contribution >= 0.6 is 0 Å². The van der Waals surface area contributed by atoms with Gasteiger partial charge in [0.2, 0.25) is 5.91 Å². The number of nitrogens with one attached hydrogen (secondary N) is 1. The monoisotopic (exact) mass is 320 g/mol. The van der Waals surface area contributed by atoms with Gasteiger partial charge in [0.1, 0.15) is 6.04 Å². The van der Waals surface area contributed by atoms with E-state index in [2.05, 4.69) is 11.4 Å². The van der Waals surface area contributed by atoms with Crippen LogP contribution < -0.4 is 5.32 Å². The normalized spacial score (nSPS) is 12.0. The van der Waals surface area contributed by atoms with E-state index in [1.54, 1.807) is 18.9 Å². The molecule has 5 nitrogen and oxygen atoms in total. The lowest BCUT2D eigenvalue weighted by Gasteiger charge is -2.27. The van der Waals surface area contributed by atoms with E-state index in [0.717, 1.165) is 11.1 Å². The van der Waals surface area contributed by atoms with Gasteiger partial charge in [0.15, 0.2) is 0 Å². The molecule has 1 unspecified atom stereocenters. The summed E-state index contributed by atoms with van der Waals surface area (Å²) in [5.74, 6) is -0.138. The van der Waals surface area contributed by atoms with Crippen LogP contribution in [0.15, 0.2) is 18.2 Å². The number of rotatable bonds is 6. The standard InChI is InChI=1S/C18H28N2O3/c1-7-23-18(22)19-16(12(2)3)17(21)20(6)11-15-9-8-13(4)10-14(15)5/h8-10,12,16H,7,11H2,1-6H3,(H,19,22). The predicted octanol–water partition coefficient (Wildman–Crippen LogP) is 3.03. The van der Waals surface area contributed by atoms with Crippen LogP contribution in [0, 0.1) is 19.8 Å². The number of alkyl carbamates (subject to hydrolysis) is 1. The molecule has 23 heavy (non-hydrogen) atoms. The third kappa shape index (κ3) is 5.58. The van der Waals surface area contributed by atoms with Gasteiger partial charge in [-0.3, -0.25) is 4.79 Å². The van der Waals surface area contributed by atoms with E-state index in [1.807, 2.05) is 39.8 Å². The van der Waals surface area contributed by atoms with E-state index in [9.17, 15) is 9.59 Å². The Hall–Kier alpha value is -2.04. The largest absolute Gasteiger partial charge is 0.450 e. The Morgan fingerprint density at radius 1 is 1.26 bits per heavy atom. The van der Waals surface area contributed by atoms with Crippen LogP contribution in [-0.2, 0) is 16.1 Å². The van der Waals surface area contributed by atoms with E-state index >= 15 is 0 Å². The average Bonchev–Trinajstić information content (AvgIpc) is 2.47. The third-order valence-corrected chi connectivity index (χ3v) is 3.76. The van der Waals surface area contributed by atoms with Gasteiger partial charge in [-0.2, -0.15) is 0 Å². The van der Waals surface area contributed by atoms with Crippen LogP contribution in [0.3, 0.4) is 0 Å². The highest BCUT2D eigenvalue weighted by molar-refractivity contribution is 5.85. The van der Waals surface area contributed by atoms with Gasteiger partial charge in [-0.1, -0.05) is 37.6 Å². The fourth-order valence-corrected chi connectivity index (χ4v) is 2.41. The molecule has 0 heterocycles. The Kier molecular flexibility index (Phi) is 7.07. The number of ether oxygens (including phenoxy) is 1. The highest BCUT2D eigenvalue weighted by Crippen LogP contribution is 2.14. The lowest BCUT2D eigenvalue weighted by molar-refractivity contribution is -0.133. The van der Waals surface area contributed by atoms with Crippen molar-refractivity contribution in [3.63, 3.8) is 0 Å². The van der Waals surface area contributed by atoms with Gasteiger partial charge < -0.3 is 15.0 Å². The first-order valence-corrected chi connectivity index (χ1v) is 8.00. The molecule has 0 aliphatic carbocycles. The first kappa shape index (κ1) is 19.0. The molecular weight excluding hydrogens is 292 g/mol. The van der Waals surface area contributed by atoms with Crippen LogP contribution in [0.25, 0.3) is 0 Å². The van der Waals surface area contributed by atoms with Crippen molar-refractivity contribution in [2.24, 2.45) is 5.92 Å². The first-order chi connectivity index (χ1) is 10.8. The van der Waals surface area contributed by atoms with Crippen LogP contribution in [0.5, 0.6) is 0 Å². The summed E-state index contributed by atoms with van der Waals surface area (Å²) in [6.45, 7) is 10.4. The molecule has 0 saturated carbocycles. The van der Waals surface area contributed by atoms with Gasteiger partial charge in [-0.15, -0.1) is 0 Å². The number of benzene rings is 1. The van der Waals surface area contributed by atoms with Crippen LogP contribution in [0.4, 0.5) is 4.79 Å². The van der Waals surface area contributed by atoms with E-state index in [4.69, 9.17) is 4.74 Å². The second-order valence-electron chi connectivity index (χ2n) is 6.21. The van der Waals surface area contributed by atoms with E-state index in [-0.39, 0.29) is 18.4 Å². The van der Waals surface area contributed by atoms with E-state index in [0.29, 0.717) is 6.54 Å². The summed E-state index contributed by atoms with van der Waals surface area (Å²) in [4.78, 5) is 25.9. The molecule has 0 aliphatic heterocycles. The number of hydrogen-bond acceptors (Lipinski definition) is 3. The van der Waals surface area contributed by atoms with Crippen molar-refractivity contribution >= 4 is 12.0 Å². The smallest absolute Gasteiger partial charge is 0.407 e. The number of amides is 2. The molecule has 1 atom stereocenters. The summed E-state index contributed by atoms with van der Waals surface area (Å²) in [6.07, 6.45) is -0.556. The lowest BCUT2D eigenvalue weighted by Crippen LogP contribution is -2.50. The number of carbonyl (C=O) groups excluding carboxylic acids is 2. The minimum atomic E-state index is -0.593. The Bertz CT molecular complexity index is 555. The summed E-state index contributed by atoms with van der Waals surface area (Å²) in [6, 6.07) is 5.59. The van der Waals surface area contributed by atoms with E-state index in [1.165, 1.54) is 5.56 Å². The highest BCUT2D eigenvalue weighted by atomic mass is 16.5. The summed E-state index contributed by atoms with van der Waals surface area (Å²) in [5.41, 5.74) is 3.46. The van der Waals surface area contributed by atoms with Crippen molar-refractivity contribution in [2.45, 2.75) is 47.2 Å².